The van der Waals surface area contributed by atoms with E-state index in [1.165, 1.54) is 11.3 Å². The van der Waals surface area contributed by atoms with Crippen molar-refractivity contribution in [2.75, 3.05) is 0 Å². The first-order valence-corrected chi connectivity index (χ1v) is 8.47. The normalized spacial score (nSPS) is 12.5. The minimum atomic E-state index is -0.342. The molecule has 1 aromatic carbocycles. The smallest absolute Gasteiger partial charge is 0.300 e. The van der Waals surface area contributed by atoms with E-state index in [2.05, 4.69) is 10.1 Å². The number of nitrogens with zero attached hydrogens (tertiary/aromatic N) is 4. The fourth-order valence-electron chi connectivity index (χ4n) is 2.52. The summed E-state index contributed by atoms with van der Waals surface area (Å²) >= 11 is 7.67. The zero-order valence-corrected chi connectivity index (χ0v) is 14.9. The number of carbonyl (C=O) groups excluding carboxylic acids is 1. The number of carbonyl (C=O) groups is 1. The van der Waals surface area contributed by atoms with Crippen LogP contribution in [0, 0.1) is 6.92 Å². The Morgan fingerprint density at radius 1 is 1.39 bits per heavy atom. The van der Waals surface area contributed by atoms with Gasteiger partial charge in [-0.1, -0.05) is 29.0 Å². The van der Waals surface area contributed by atoms with E-state index in [9.17, 15) is 4.79 Å². The fraction of sp³-hybridized carbons (Fsp3) is 0.312. The lowest BCUT2D eigenvalue weighted by Gasteiger charge is -2.06. The van der Waals surface area contributed by atoms with Crippen LogP contribution >= 0.6 is 22.9 Å². The molecule has 0 fully saturated rings. The number of halogens is 1. The van der Waals surface area contributed by atoms with Gasteiger partial charge >= 0.3 is 0 Å². The van der Waals surface area contributed by atoms with E-state index in [0.29, 0.717) is 15.5 Å². The van der Waals surface area contributed by atoms with Crippen LogP contribution in [0.15, 0.2) is 29.3 Å². The van der Waals surface area contributed by atoms with E-state index in [1.54, 1.807) is 6.07 Å². The van der Waals surface area contributed by atoms with Crippen molar-refractivity contribution in [2.24, 2.45) is 12.0 Å². The zero-order chi connectivity index (χ0) is 16.7. The largest absolute Gasteiger partial charge is 0.318 e. The minimum Gasteiger partial charge on any atom is -0.318 e. The van der Waals surface area contributed by atoms with E-state index >= 15 is 0 Å². The number of fused-ring (bicyclic) bond motifs is 1. The van der Waals surface area contributed by atoms with E-state index in [1.807, 2.05) is 55.3 Å². The molecule has 2 heterocycles. The number of rotatable bonds is 2. The summed E-state index contributed by atoms with van der Waals surface area (Å²) in [5, 5.41) is 5.00. The Bertz CT molecular complexity index is 964. The summed E-state index contributed by atoms with van der Waals surface area (Å²) in [6.07, 6.45) is 0. The summed E-state index contributed by atoms with van der Waals surface area (Å²) in [6.45, 7) is 5.99. The molecule has 3 aromatic rings. The summed E-state index contributed by atoms with van der Waals surface area (Å²) in [6, 6.07) is 7.66. The first-order valence-electron chi connectivity index (χ1n) is 7.27. The Morgan fingerprint density at radius 2 is 2.13 bits per heavy atom. The zero-order valence-electron chi connectivity index (χ0n) is 13.4. The Balaban J connectivity index is 2.08. The third kappa shape index (κ3) is 2.84. The van der Waals surface area contributed by atoms with Crippen molar-refractivity contribution in [1.29, 1.82) is 0 Å². The van der Waals surface area contributed by atoms with E-state index in [4.69, 9.17) is 11.6 Å². The molecule has 23 heavy (non-hydrogen) atoms. The highest BCUT2D eigenvalue weighted by Crippen LogP contribution is 2.24. The van der Waals surface area contributed by atoms with Crippen LogP contribution in [0.1, 0.15) is 36.1 Å². The van der Waals surface area contributed by atoms with E-state index < -0.39 is 0 Å². The van der Waals surface area contributed by atoms with Crippen molar-refractivity contribution in [3.05, 3.63) is 45.5 Å². The van der Waals surface area contributed by atoms with Crippen LogP contribution in [-0.4, -0.2) is 20.3 Å². The van der Waals surface area contributed by atoms with Crippen LogP contribution in [0.4, 0.5) is 0 Å². The van der Waals surface area contributed by atoms with Gasteiger partial charge in [0.25, 0.3) is 5.91 Å². The van der Waals surface area contributed by atoms with Crippen molar-refractivity contribution in [3.63, 3.8) is 0 Å². The Labute approximate surface area is 142 Å². The minimum absolute atomic E-state index is 0.204. The Hall–Kier alpha value is -1.92. The van der Waals surface area contributed by atoms with Crippen molar-refractivity contribution in [2.45, 2.75) is 26.8 Å². The number of aromatic nitrogens is 3. The molecule has 2 aromatic heterocycles. The first kappa shape index (κ1) is 16.0. The van der Waals surface area contributed by atoms with Crippen molar-refractivity contribution < 1.29 is 4.79 Å². The van der Waals surface area contributed by atoms with Gasteiger partial charge in [0.1, 0.15) is 0 Å². The van der Waals surface area contributed by atoms with Crippen molar-refractivity contribution in [1.82, 2.24) is 14.3 Å². The van der Waals surface area contributed by atoms with Crippen LogP contribution in [-0.2, 0) is 7.05 Å². The quantitative estimate of drug-likeness (QED) is 0.708. The molecule has 0 saturated carbocycles. The topological polar surface area (TPSA) is 52.2 Å². The second-order valence-corrected chi connectivity index (χ2v) is 7.07. The monoisotopic (exact) mass is 348 g/mol. The second-order valence-electron chi connectivity index (χ2n) is 5.66. The summed E-state index contributed by atoms with van der Waals surface area (Å²) in [5.74, 6) is -0.342. The van der Waals surface area contributed by atoms with Crippen LogP contribution in [0.3, 0.4) is 0 Å². The maximum Gasteiger partial charge on any atom is 0.300 e. The number of aryl methyl sites for hydroxylation is 2. The maximum absolute atomic E-state index is 12.4. The molecule has 0 aliphatic carbocycles. The average Bonchev–Trinajstić information content (AvgIpc) is 3.01. The molecule has 0 radical (unpaired) electrons. The van der Waals surface area contributed by atoms with Gasteiger partial charge in [-0.15, -0.1) is 0 Å². The molecule has 0 unspecified atom stereocenters. The molecule has 120 valence electrons. The fourth-order valence-corrected chi connectivity index (χ4v) is 3.92. The van der Waals surface area contributed by atoms with Crippen LogP contribution in [0.2, 0.25) is 5.02 Å². The molecule has 7 heteroatoms. The van der Waals surface area contributed by atoms with Gasteiger partial charge in [-0.25, -0.2) is 0 Å². The molecule has 0 spiro atoms. The molecule has 0 aliphatic heterocycles. The second kappa shape index (κ2) is 5.94. The lowest BCUT2D eigenvalue weighted by atomic mass is 10.3. The van der Waals surface area contributed by atoms with Crippen molar-refractivity contribution >= 4 is 39.1 Å². The van der Waals surface area contributed by atoms with Crippen LogP contribution in [0.25, 0.3) is 10.2 Å². The van der Waals surface area contributed by atoms with E-state index in [0.717, 1.165) is 15.9 Å². The molecule has 5 nitrogen and oxygen atoms in total. The van der Waals surface area contributed by atoms with Gasteiger partial charge in [-0.2, -0.15) is 10.1 Å². The summed E-state index contributed by atoms with van der Waals surface area (Å²) in [4.78, 5) is 17.3. The molecule has 0 bridgehead atoms. The number of hydrogen-bond acceptors (Lipinski definition) is 3. The van der Waals surface area contributed by atoms with E-state index in [-0.39, 0.29) is 11.9 Å². The third-order valence-electron chi connectivity index (χ3n) is 3.60. The number of thiazole rings is 1. The number of hydrogen-bond donors (Lipinski definition) is 0. The number of para-hydroxylation sites is 1. The lowest BCUT2D eigenvalue weighted by molar-refractivity contribution is 0.0992. The van der Waals surface area contributed by atoms with Gasteiger partial charge in [0.05, 0.1) is 15.2 Å². The molecular weight excluding hydrogens is 332 g/mol. The molecular formula is C16H17ClN4OS. The third-order valence-corrected chi connectivity index (χ3v) is 5.00. The average molecular weight is 349 g/mol. The summed E-state index contributed by atoms with van der Waals surface area (Å²) < 4.78 is 4.66. The summed E-state index contributed by atoms with van der Waals surface area (Å²) in [5.41, 5.74) is 2.19. The molecule has 0 aliphatic rings. The number of amides is 1. The van der Waals surface area contributed by atoms with Gasteiger partial charge in [0.15, 0.2) is 10.5 Å². The molecule has 0 saturated heterocycles. The highest BCUT2D eigenvalue weighted by atomic mass is 35.5. The maximum atomic E-state index is 12.4. The predicted octanol–water partition coefficient (Wildman–Crippen LogP) is 3.72. The first-order chi connectivity index (χ1) is 10.9. The standard InChI is InChI=1S/C16H17ClN4OS/c1-9(2)21-10(3)8-12(19-21)15(22)18-16-20(4)14-11(17)6-5-7-13(14)23-16/h5-9H,1-4H3. The van der Waals surface area contributed by atoms with Gasteiger partial charge in [0, 0.05) is 18.8 Å². The highest BCUT2D eigenvalue weighted by Gasteiger charge is 2.14. The predicted molar refractivity (Wildman–Crippen MR) is 93.0 cm³/mol. The molecule has 0 atom stereocenters. The summed E-state index contributed by atoms with van der Waals surface area (Å²) in [7, 11) is 1.86. The Kier molecular flexibility index (Phi) is 4.12. The van der Waals surface area contributed by atoms with Gasteiger partial charge in [0.2, 0.25) is 0 Å². The molecule has 3 rings (SSSR count). The number of benzene rings is 1. The van der Waals surface area contributed by atoms with Crippen LogP contribution < -0.4 is 4.80 Å². The van der Waals surface area contributed by atoms with Crippen molar-refractivity contribution in [3.8, 4) is 0 Å². The SMILES string of the molecule is Cc1cc(C(=O)N=c2sc3cccc(Cl)c3n2C)nn1C(C)C. The van der Waals surface area contributed by atoms with Gasteiger partial charge in [-0.3, -0.25) is 9.48 Å². The molecule has 0 N–H and O–H groups in total. The molecule has 1 amide bonds. The van der Waals surface area contributed by atoms with Crippen LogP contribution in [0.5, 0.6) is 0 Å². The van der Waals surface area contributed by atoms with Gasteiger partial charge in [-0.05, 0) is 39.0 Å². The van der Waals surface area contributed by atoms with Gasteiger partial charge < -0.3 is 4.57 Å². The lowest BCUT2D eigenvalue weighted by Crippen LogP contribution is -2.14. The highest BCUT2D eigenvalue weighted by molar-refractivity contribution is 7.16. The Morgan fingerprint density at radius 3 is 2.74 bits per heavy atom.